The molecule has 0 bridgehead atoms. The predicted molar refractivity (Wildman–Crippen MR) is 62.9 cm³/mol. The summed E-state index contributed by atoms with van der Waals surface area (Å²) in [6.45, 7) is 16.1. The smallest absolute Gasteiger partial charge is 0.143 e. The number of nitrogens with two attached hydrogens (primary N) is 1. The van der Waals surface area contributed by atoms with E-state index in [-0.39, 0.29) is 12.3 Å². The molecule has 0 aromatic carbocycles. The quantitative estimate of drug-likeness (QED) is 0.691. The Morgan fingerprint density at radius 3 is 1.15 bits per heavy atom. The van der Waals surface area contributed by atoms with E-state index in [0.717, 1.165) is 5.92 Å². The van der Waals surface area contributed by atoms with E-state index in [4.69, 9.17) is 5.73 Å². The molecule has 0 atom stereocenters. The third-order valence-electron chi connectivity index (χ3n) is 0.287. The van der Waals surface area contributed by atoms with Gasteiger partial charge in [-0.15, -0.1) is 0 Å². The van der Waals surface area contributed by atoms with Gasteiger partial charge in [-0.05, 0) is 12.8 Å². The van der Waals surface area contributed by atoms with Crippen molar-refractivity contribution in [2.24, 2.45) is 11.7 Å². The molecule has 0 aromatic heterocycles. The van der Waals surface area contributed by atoms with E-state index in [1.165, 1.54) is 6.92 Å². The van der Waals surface area contributed by atoms with Crippen LogP contribution >= 0.6 is 0 Å². The molecule has 13 heavy (non-hydrogen) atoms. The van der Waals surface area contributed by atoms with Crippen molar-refractivity contribution in [3.63, 3.8) is 0 Å². The van der Waals surface area contributed by atoms with Crippen molar-refractivity contribution >= 4 is 5.78 Å². The van der Waals surface area contributed by atoms with Gasteiger partial charge in [-0.1, -0.05) is 48.5 Å². The van der Waals surface area contributed by atoms with Gasteiger partial charge in [0.1, 0.15) is 5.78 Å². The highest BCUT2D eigenvalue weighted by Gasteiger charge is 1.76. The first-order chi connectivity index (χ1) is 6.00. The van der Waals surface area contributed by atoms with Crippen molar-refractivity contribution in [1.29, 1.82) is 0 Å². The lowest BCUT2D eigenvalue weighted by Crippen LogP contribution is -2.07. The minimum atomic E-state index is 0.0324. The zero-order chi connectivity index (χ0) is 11.9. The van der Waals surface area contributed by atoms with Crippen LogP contribution in [-0.4, -0.2) is 12.3 Å². The molecule has 0 saturated carbocycles. The molecule has 84 valence electrons. The highest BCUT2D eigenvalue weighted by atomic mass is 16.1. The summed E-state index contributed by atoms with van der Waals surface area (Å²) in [5.74, 6) is 0.866. The van der Waals surface area contributed by atoms with Crippen LogP contribution in [0.1, 0.15) is 55.4 Å². The minimum Gasteiger partial charge on any atom is -0.324 e. The van der Waals surface area contributed by atoms with Gasteiger partial charge in [0.15, 0.2) is 0 Å². The monoisotopic (exact) mass is 191 g/mol. The lowest BCUT2D eigenvalue weighted by Gasteiger charge is -1.79. The summed E-state index contributed by atoms with van der Waals surface area (Å²) in [5, 5.41) is 0. The fourth-order valence-electron chi connectivity index (χ4n) is 0. The number of hydrogen-bond donors (Lipinski definition) is 1. The first-order valence-corrected chi connectivity index (χ1v) is 5.20. The van der Waals surface area contributed by atoms with Crippen molar-refractivity contribution < 1.29 is 4.79 Å². The van der Waals surface area contributed by atoms with Gasteiger partial charge in [-0.3, -0.25) is 4.79 Å². The number of rotatable bonds is 1. The second kappa shape index (κ2) is 29.9. The SMILES string of the molecule is CC.CC.CC(=O)CN.CC(C)C. The van der Waals surface area contributed by atoms with E-state index in [2.05, 4.69) is 20.8 Å². The molecule has 2 N–H and O–H groups in total. The van der Waals surface area contributed by atoms with Crippen LogP contribution in [0, 0.1) is 5.92 Å². The van der Waals surface area contributed by atoms with Crippen LogP contribution < -0.4 is 5.73 Å². The average Bonchev–Trinajstić information content (AvgIpc) is 2.10. The van der Waals surface area contributed by atoms with Crippen LogP contribution in [0.2, 0.25) is 0 Å². The van der Waals surface area contributed by atoms with E-state index in [1.807, 2.05) is 27.7 Å². The van der Waals surface area contributed by atoms with Crippen molar-refractivity contribution in [3.8, 4) is 0 Å². The predicted octanol–water partition coefficient (Wildman–Crippen LogP) is 3.25. The van der Waals surface area contributed by atoms with Crippen molar-refractivity contribution in [1.82, 2.24) is 0 Å². The Morgan fingerprint density at radius 1 is 1.08 bits per heavy atom. The molecule has 0 heterocycles. The Morgan fingerprint density at radius 2 is 1.15 bits per heavy atom. The second-order valence-electron chi connectivity index (χ2n) is 2.64. The minimum absolute atomic E-state index is 0.0324. The highest BCUT2D eigenvalue weighted by molar-refractivity contribution is 5.77. The first kappa shape index (κ1) is 22.9. The summed E-state index contributed by atoms with van der Waals surface area (Å²) < 4.78 is 0. The summed E-state index contributed by atoms with van der Waals surface area (Å²) in [6, 6.07) is 0. The van der Waals surface area contributed by atoms with Gasteiger partial charge in [-0.2, -0.15) is 0 Å². The second-order valence-corrected chi connectivity index (χ2v) is 2.64. The topological polar surface area (TPSA) is 43.1 Å². The lowest BCUT2D eigenvalue weighted by atomic mass is 10.3. The summed E-state index contributed by atoms with van der Waals surface area (Å²) in [5.41, 5.74) is 4.82. The van der Waals surface area contributed by atoms with Crippen LogP contribution in [0.25, 0.3) is 0 Å². The molecule has 0 aliphatic carbocycles. The van der Waals surface area contributed by atoms with Gasteiger partial charge in [0.2, 0.25) is 0 Å². The molecular weight excluding hydrogens is 162 g/mol. The third-order valence-corrected chi connectivity index (χ3v) is 0.287. The van der Waals surface area contributed by atoms with Crippen LogP contribution in [0.15, 0.2) is 0 Å². The standard InChI is InChI=1S/C4H10.C3H7NO.2C2H6/c1-4(2)3;1-3(5)2-4;2*1-2/h4H,1-3H3;2,4H2,1H3;2*1-2H3. The van der Waals surface area contributed by atoms with Gasteiger partial charge in [0.25, 0.3) is 0 Å². The number of Topliss-reactive ketones (excluding diaryl/α,β-unsaturated/α-hetero) is 1. The maximum Gasteiger partial charge on any atom is 0.143 e. The molecule has 0 aliphatic rings. The first-order valence-electron chi connectivity index (χ1n) is 5.20. The van der Waals surface area contributed by atoms with E-state index < -0.39 is 0 Å². The maximum absolute atomic E-state index is 9.69. The molecule has 0 unspecified atom stereocenters. The Labute approximate surface area is 84.9 Å². The zero-order valence-corrected chi connectivity index (χ0v) is 10.8. The molecule has 0 amide bonds. The number of carbonyl (C=O) groups excluding carboxylic acids is 1. The molecule has 0 rings (SSSR count). The van der Waals surface area contributed by atoms with Gasteiger partial charge in [0, 0.05) is 0 Å². The molecule has 2 heteroatoms. The number of carbonyl (C=O) groups is 1. The summed E-state index contributed by atoms with van der Waals surface area (Å²) in [7, 11) is 0. The van der Waals surface area contributed by atoms with Crippen molar-refractivity contribution in [2.75, 3.05) is 6.54 Å². The van der Waals surface area contributed by atoms with Crippen molar-refractivity contribution in [2.45, 2.75) is 55.4 Å². The normalized spacial score (nSPS) is 6.62. The zero-order valence-electron chi connectivity index (χ0n) is 10.8. The van der Waals surface area contributed by atoms with E-state index in [0.29, 0.717) is 0 Å². The van der Waals surface area contributed by atoms with Crippen LogP contribution in [0.5, 0.6) is 0 Å². The fraction of sp³-hybridized carbons (Fsp3) is 0.909. The van der Waals surface area contributed by atoms with Gasteiger partial charge < -0.3 is 5.73 Å². The molecule has 0 radical (unpaired) electrons. The van der Waals surface area contributed by atoms with E-state index >= 15 is 0 Å². The van der Waals surface area contributed by atoms with Gasteiger partial charge in [-0.25, -0.2) is 0 Å². The lowest BCUT2D eigenvalue weighted by molar-refractivity contribution is -0.115. The largest absolute Gasteiger partial charge is 0.324 e. The van der Waals surface area contributed by atoms with Gasteiger partial charge >= 0.3 is 0 Å². The number of ketones is 1. The molecule has 0 aromatic rings. The average molecular weight is 191 g/mol. The summed E-state index contributed by atoms with van der Waals surface area (Å²) in [4.78, 5) is 9.69. The molecule has 0 aliphatic heterocycles. The molecule has 0 saturated heterocycles. The molecule has 0 spiro atoms. The summed E-state index contributed by atoms with van der Waals surface area (Å²) >= 11 is 0. The highest BCUT2D eigenvalue weighted by Crippen LogP contribution is 1.81. The fourth-order valence-corrected chi connectivity index (χ4v) is 0. The third kappa shape index (κ3) is 406. The van der Waals surface area contributed by atoms with Crippen LogP contribution in [-0.2, 0) is 4.79 Å². The molecule has 2 nitrogen and oxygen atoms in total. The number of hydrogen-bond acceptors (Lipinski definition) is 2. The van der Waals surface area contributed by atoms with E-state index in [1.54, 1.807) is 0 Å². The Balaban J connectivity index is -0.0000000457. The van der Waals surface area contributed by atoms with Crippen LogP contribution in [0.4, 0.5) is 0 Å². The summed E-state index contributed by atoms with van der Waals surface area (Å²) in [6.07, 6.45) is 0. The Kier molecular flexibility index (Phi) is 52.7. The Hall–Kier alpha value is -0.370. The molecule has 0 fully saturated rings. The van der Waals surface area contributed by atoms with E-state index in [9.17, 15) is 4.79 Å². The van der Waals surface area contributed by atoms with Crippen LogP contribution in [0.3, 0.4) is 0 Å². The maximum atomic E-state index is 9.69. The van der Waals surface area contributed by atoms with Crippen molar-refractivity contribution in [3.05, 3.63) is 0 Å². The van der Waals surface area contributed by atoms with Gasteiger partial charge in [0.05, 0.1) is 6.54 Å². The Bertz CT molecular complexity index is 67.7. The molecular formula is C11H29NO.